The van der Waals surface area contributed by atoms with E-state index >= 15 is 0 Å². The summed E-state index contributed by atoms with van der Waals surface area (Å²) in [6, 6.07) is 16.2. The third-order valence-corrected chi connectivity index (χ3v) is 5.52. The van der Waals surface area contributed by atoms with Gasteiger partial charge in [-0.25, -0.2) is 0 Å². The molecule has 0 saturated carbocycles. The van der Waals surface area contributed by atoms with Crippen LogP contribution in [0, 0.1) is 0 Å². The number of pyridine rings is 2. The Morgan fingerprint density at radius 3 is 2.26 bits per heavy atom. The molecule has 0 aliphatic carbocycles. The fourth-order valence-electron chi connectivity index (χ4n) is 4.29. The van der Waals surface area contributed by atoms with E-state index in [0.717, 1.165) is 36.7 Å². The fraction of sp³-hybridized carbons (Fsp3) is 0.286. The molecule has 3 aromatic heterocycles. The van der Waals surface area contributed by atoms with E-state index in [1.54, 1.807) is 6.20 Å². The molecule has 0 bridgehead atoms. The van der Waals surface area contributed by atoms with E-state index in [2.05, 4.69) is 25.5 Å². The molecular formula is C21H21N5O. The highest BCUT2D eigenvalue weighted by atomic mass is 16.2. The van der Waals surface area contributed by atoms with Crippen LogP contribution in [0.3, 0.4) is 0 Å². The summed E-state index contributed by atoms with van der Waals surface area (Å²) < 4.78 is 2.15. The molecule has 6 heteroatoms. The number of carbonyl (C=O) groups excluding carboxylic acids is 1. The van der Waals surface area contributed by atoms with E-state index < -0.39 is 0 Å². The van der Waals surface area contributed by atoms with Gasteiger partial charge in [-0.15, -0.1) is 0 Å². The van der Waals surface area contributed by atoms with Gasteiger partial charge in [-0.3, -0.25) is 19.7 Å². The summed E-state index contributed by atoms with van der Waals surface area (Å²) in [7, 11) is 0. The van der Waals surface area contributed by atoms with Gasteiger partial charge in [0, 0.05) is 38.2 Å². The molecule has 2 aliphatic heterocycles. The quantitative estimate of drug-likeness (QED) is 0.718. The van der Waals surface area contributed by atoms with Crippen molar-refractivity contribution in [2.75, 3.05) is 13.1 Å². The largest absolute Gasteiger partial charge is 0.337 e. The Bertz CT molecular complexity index is 939. The summed E-state index contributed by atoms with van der Waals surface area (Å²) in [5.41, 5.74) is 2.76. The van der Waals surface area contributed by atoms with Gasteiger partial charge in [-0.05, 0) is 36.4 Å². The van der Waals surface area contributed by atoms with Crippen LogP contribution >= 0.6 is 0 Å². The molecule has 0 N–H and O–H groups in total. The second-order valence-electron chi connectivity index (χ2n) is 7.20. The molecule has 0 radical (unpaired) electrons. The Hall–Kier alpha value is -2.99. The van der Waals surface area contributed by atoms with Gasteiger partial charge in [0.2, 0.25) is 0 Å². The van der Waals surface area contributed by atoms with Crippen molar-refractivity contribution in [1.29, 1.82) is 0 Å². The number of hydrogen-bond donors (Lipinski definition) is 0. The van der Waals surface area contributed by atoms with Gasteiger partial charge < -0.3 is 9.47 Å². The van der Waals surface area contributed by atoms with Crippen LogP contribution in [0.2, 0.25) is 0 Å². The predicted molar refractivity (Wildman–Crippen MR) is 101 cm³/mol. The minimum atomic E-state index is 0.0894. The lowest BCUT2D eigenvalue weighted by Gasteiger charge is -2.38. The summed E-state index contributed by atoms with van der Waals surface area (Å²) >= 11 is 0. The molecule has 1 saturated heterocycles. The highest BCUT2D eigenvalue weighted by Gasteiger charge is 2.44. The summed E-state index contributed by atoms with van der Waals surface area (Å²) in [4.78, 5) is 26.4. The maximum Gasteiger partial charge on any atom is 0.271 e. The maximum absolute atomic E-state index is 13.1. The Morgan fingerprint density at radius 2 is 1.56 bits per heavy atom. The highest BCUT2D eigenvalue weighted by molar-refractivity contribution is 5.94. The van der Waals surface area contributed by atoms with Crippen LogP contribution in [0.25, 0.3) is 0 Å². The molecule has 136 valence electrons. The molecule has 27 heavy (non-hydrogen) atoms. The molecule has 0 unspecified atom stereocenters. The van der Waals surface area contributed by atoms with E-state index in [1.165, 1.54) is 0 Å². The summed E-state index contributed by atoms with van der Waals surface area (Å²) in [6.07, 6.45) is 5.65. The lowest BCUT2D eigenvalue weighted by atomic mass is 10.1. The highest BCUT2D eigenvalue weighted by Crippen LogP contribution is 2.34. The standard InChI is InChI=1S/C21H21N5O/c27-21-18-8-5-11-25(18)19-14-24(12-16-6-1-3-9-22-16)15-20(19)26(21)13-17-7-2-4-10-23-17/h1-11,19-20H,12-15H2/t19-,20-/m1/s1. The Kier molecular flexibility index (Phi) is 3.98. The number of aromatic nitrogens is 3. The first kappa shape index (κ1) is 16.2. The van der Waals surface area contributed by atoms with Crippen molar-refractivity contribution >= 4 is 5.91 Å². The molecule has 5 heterocycles. The van der Waals surface area contributed by atoms with Gasteiger partial charge in [-0.1, -0.05) is 12.1 Å². The van der Waals surface area contributed by atoms with Crippen LogP contribution < -0.4 is 0 Å². The zero-order valence-electron chi connectivity index (χ0n) is 15.0. The Morgan fingerprint density at radius 1 is 0.852 bits per heavy atom. The van der Waals surface area contributed by atoms with Crippen molar-refractivity contribution < 1.29 is 4.79 Å². The zero-order valence-corrected chi connectivity index (χ0v) is 15.0. The van der Waals surface area contributed by atoms with Gasteiger partial charge in [0.05, 0.1) is 30.0 Å². The number of amides is 1. The molecular weight excluding hydrogens is 338 g/mol. The molecule has 5 rings (SSSR count). The van der Waals surface area contributed by atoms with Gasteiger partial charge >= 0.3 is 0 Å². The molecule has 0 aromatic carbocycles. The van der Waals surface area contributed by atoms with Crippen LogP contribution in [-0.4, -0.2) is 49.4 Å². The Labute approximate surface area is 158 Å². The SMILES string of the molecule is O=C1c2cccn2[C@@H]2CN(Cc3ccccn3)C[C@H]2N1Cc1ccccn1. The van der Waals surface area contributed by atoms with Crippen LogP contribution in [-0.2, 0) is 13.1 Å². The van der Waals surface area contributed by atoms with Gasteiger partial charge in [0.15, 0.2) is 0 Å². The first-order valence-electron chi connectivity index (χ1n) is 9.29. The number of nitrogens with zero attached hydrogens (tertiary/aromatic N) is 5. The Balaban J connectivity index is 1.44. The van der Waals surface area contributed by atoms with Crippen molar-refractivity contribution in [2.45, 2.75) is 25.2 Å². The molecule has 2 atom stereocenters. The van der Waals surface area contributed by atoms with Crippen LogP contribution in [0.5, 0.6) is 0 Å². The number of carbonyl (C=O) groups is 1. The number of hydrogen-bond acceptors (Lipinski definition) is 4. The molecule has 3 aromatic rings. The van der Waals surface area contributed by atoms with Gasteiger partial charge in [0.25, 0.3) is 5.91 Å². The third kappa shape index (κ3) is 2.92. The minimum Gasteiger partial charge on any atom is -0.337 e. The lowest BCUT2D eigenvalue weighted by Crippen LogP contribution is -2.49. The minimum absolute atomic E-state index is 0.0894. The second-order valence-corrected chi connectivity index (χ2v) is 7.20. The second kappa shape index (κ2) is 6.63. The summed E-state index contributed by atoms with van der Waals surface area (Å²) in [5, 5.41) is 0. The first-order chi connectivity index (χ1) is 13.3. The van der Waals surface area contributed by atoms with Crippen molar-refractivity contribution in [3.63, 3.8) is 0 Å². The third-order valence-electron chi connectivity index (χ3n) is 5.52. The van der Waals surface area contributed by atoms with Crippen molar-refractivity contribution in [3.05, 3.63) is 84.2 Å². The predicted octanol–water partition coefficient (Wildman–Crippen LogP) is 2.36. The van der Waals surface area contributed by atoms with Crippen LogP contribution in [0.4, 0.5) is 0 Å². The maximum atomic E-state index is 13.1. The number of fused-ring (bicyclic) bond motifs is 3. The monoisotopic (exact) mass is 359 g/mol. The van der Waals surface area contributed by atoms with Crippen LogP contribution in [0.15, 0.2) is 67.1 Å². The number of rotatable bonds is 4. The molecule has 6 nitrogen and oxygen atoms in total. The normalized spacial score (nSPS) is 21.9. The van der Waals surface area contributed by atoms with E-state index in [9.17, 15) is 4.79 Å². The summed E-state index contributed by atoms with van der Waals surface area (Å²) in [6.45, 7) is 3.10. The topological polar surface area (TPSA) is 54.3 Å². The van der Waals surface area contributed by atoms with Crippen molar-refractivity contribution in [2.24, 2.45) is 0 Å². The van der Waals surface area contributed by atoms with Crippen molar-refractivity contribution in [1.82, 2.24) is 24.3 Å². The van der Waals surface area contributed by atoms with E-state index in [0.29, 0.717) is 6.54 Å². The smallest absolute Gasteiger partial charge is 0.271 e. The van der Waals surface area contributed by atoms with E-state index in [-0.39, 0.29) is 18.0 Å². The lowest BCUT2D eigenvalue weighted by molar-refractivity contribution is 0.0553. The van der Waals surface area contributed by atoms with E-state index in [4.69, 9.17) is 0 Å². The first-order valence-corrected chi connectivity index (χ1v) is 9.29. The van der Waals surface area contributed by atoms with Gasteiger partial charge in [-0.2, -0.15) is 0 Å². The molecule has 1 fully saturated rings. The van der Waals surface area contributed by atoms with Gasteiger partial charge in [0.1, 0.15) is 5.69 Å². The summed E-state index contributed by atoms with van der Waals surface area (Å²) in [5.74, 6) is 0.0894. The van der Waals surface area contributed by atoms with E-state index in [1.807, 2.05) is 59.8 Å². The number of likely N-dealkylation sites (tertiary alicyclic amines) is 1. The molecule has 2 aliphatic rings. The fourth-order valence-corrected chi connectivity index (χ4v) is 4.29. The van der Waals surface area contributed by atoms with Crippen molar-refractivity contribution in [3.8, 4) is 0 Å². The average Bonchev–Trinajstić information content (AvgIpc) is 3.34. The molecule has 0 spiro atoms. The van der Waals surface area contributed by atoms with Crippen LogP contribution in [0.1, 0.15) is 27.9 Å². The molecule has 1 amide bonds. The zero-order chi connectivity index (χ0) is 18.2. The average molecular weight is 359 g/mol.